The Morgan fingerprint density at radius 1 is 1.02 bits per heavy atom. The third kappa shape index (κ3) is 5.10. The number of piperidine rings is 1. The first kappa shape index (κ1) is 28.7. The van der Waals surface area contributed by atoms with E-state index in [-0.39, 0.29) is 23.8 Å². The molecule has 0 radical (unpaired) electrons. The first-order valence-electron chi connectivity index (χ1n) is 15.5. The highest BCUT2D eigenvalue weighted by molar-refractivity contribution is 6.30. The fourth-order valence-electron chi connectivity index (χ4n) is 8.04. The van der Waals surface area contributed by atoms with E-state index >= 15 is 0 Å². The van der Waals surface area contributed by atoms with E-state index in [4.69, 9.17) is 16.3 Å². The minimum absolute atomic E-state index is 0.0624. The lowest BCUT2D eigenvalue weighted by molar-refractivity contribution is -0.142. The van der Waals surface area contributed by atoms with Crippen molar-refractivity contribution >= 4 is 35.0 Å². The highest BCUT2D eigenvalue weighted by Crippen LogP contribution is 2.55. The Morgan fingerprint density at radius 2 is 1.80 bits per heavy atom. The highest BCUT2D eigenvalue weighted by Gasteiger charge is 2.72. The van der Waals surface area contributed by atoms with Gasteiger partial charge in [-0.05, 0) is 68.8 Å². The number of carbonyl (C=O) groups is 3. The largest absolute Gasteiger partial charge is 0.359 e. The van der Waals surface area contributed by atoms with Crippen molar-refractivity contribution in [3.8, 4) is 0 Å². The quantitative estimate of drug-likeness (QED) is 0.469. The molecule has 3 saturated heterocycles. The maximum Gasteiger partial charge on any atom is 0.246 e. The maximum atomic E-state index is 14.3. The van der Waals surface area contributed by atoms with Gasteiger partial charge in [-0.3, -0.25) is 19.3 Å². The van der Waals surface area contributed by atoms with E-state index in [1.165, 1.54) is 12.8 Å². The summed E-state index contributed by atoms with van der Waals surface area (Å²) < 4.78 is 6.53. The molecule has 3 amide bonds. The molecule has 9 heteroatoms. The molecule has 41 heavy (non-hydrogen) atoms. The molecule has 1 aromatic carbocycles. The lowest BCUT2D eigenvalue weighted by Gasteiger charge is -2.39. The van der Waals surface area contributed by atoms with Crippen LogP contribution >= 0.6 is 11.6 Å². The zero-order valence-electron chi connectivity index (χ0n) is 24.4. The number of fused-ring (bicyclic) bond motifs is 1. The average molecular weight is 583 g/mol. The van der Waals surface area contributed by atoms with Crippen LogP contribution in [-0.4, -0.2) is 77.0 Å². The van der Waals surface area contributed by atoms with Crippen LogP contribution in [0.15, 0.2) is 36.4 Å². The fourth-order valence-corrected chi connectivity index (χ4v) is 8.17. The van der Waals surface area contributed by atoms with Gasteiger partial charge in [0.15, 0.2) is 0 Å². The van der Waals surface area contributed by atoms with Crippen molar-refractivity contribution in [2.24, 2.45) is 23.7 Å². The monoisotopic (exact) mass is 582 g/mol. The van der Waals surface area contributed by atoms with Crippen LogP contribution in [0.5, 0.6) is 0 Å². The number of hydrogen-bond acceptors (Lipinski definition) is 5. The zero-order chi connectivity index (χ0) is 28.9. The fraction of sp³-hybridized carbons (Fsp3) is 0.656. The standard InChI is InChI=1S/C32H43ClN4O4/c1-19-7-6-9-24(21(19)3)35-30(39)28-32-15-14-25(41-32)26(29(38)34-23-12-10-22(33)11-13-23)27(32)31(40)37(28)18-17-36-16-5-4-8-20(36)2/h10-15,19-21,24-28H,4-9,16-18H2,1-3H3,(H,34,38)(H,35,39)/t19-,20+,21+,24+,25+,26+,27+,28+,32+/m1/s1. The number of anilines is 1. The third-order valence-electron chi connectivity index (χ3n) is 10.6. The third-order valence-corrected chi connectivity index (χ3v) is 10.9. The van der Waals surface area contributed by atoms with Crippen LogP contribution in [-0.2, 0) is 19.1 Å². The van der Waals surface area contributed by atoms with Crippen LogP contribution in [0.25, 0.3) is 0 Å². The van der Waals surface area contributed by atoms with E-state index in [0.29, 0.717) is 41.7 Å². The number of rotatable bonds is 7. The van der Waals surface area contributed by atoms with Crippen LogP contribution in [0.4, 0.5) is 5.69 Å². The molecule has 1 aliphatic carbocycles. The van der Waals surface area contributed by atoms with Crippen molar-refractivity contribution in [3.05, 3.63) is 41.4 Å². The summed E-state index contributed by atoms with van der Waals surface area (Å²) in [5, 5.41) is 6.88. The second-order valence-corrected chi connectivity index (χ2v) is 13.4. The summed E-state index contributed by atoms with van der Waals surface area (Å²) in [5.74, 6) is -1.18. The Labute approximate surface area is 248 Å². The number of nitrogens with zero attached hydrogens (tertiary/aromatic N) is 2. The molecule has 8 nitrogen and oxygen atoms in total. The molecule has 2 bridgehead atoms. The van der Waals surface area contributed by atoms with Gasteiger partial charge < -0.3 is 20.3 Å². The molecule has 0 aromatic heterocycles. The van der Waals surface area contributed by atoms with Gasteiger partial charge in [-0.1, -0.05) is 56.9 Å². The molecule has 9 atom stereocenters. The number of carbonyl (C=O) groups excluding carboxylic acids is 3. The number of likely N-dealkylation sites (tertiary alicyclic amines) is 2. The number of halogens is 1. The normalized spacial score (nSPS) is 38.2. The number of amides is 3. The van der Waals surface area contributed by atoms with Crippen molar-refractivity contribution < 1.29 is 19.1 Å². The van der Waals surface area contributed by atoms with Crippen LogP contribution in [0, 0.1) is 23.7 Å². The summed E-state index contributed by atoms with van der Waals surface area (Å²) in [5.41, 5.74) is -0.540. The van der Waals surface area contributed by atoms with Crippen LogP contribution in [0.3, 0.4) is 0 Å². The number of ether oxygens (including phenoxy) is 1. The van der Waals surface area contributed by atoms with Crippen molar-refractivity contribution in [2.45, 2.75) is 89.1 Å². The molecule has 4 heterocycles. The molecule has 0 unspecified atom stereocenters. The lowest BCUT2D eigenvalue weighted by Crippen LogP contribution is -2.58. The molecule has 1 aromatic rings. The molecular formula is C32H43ClN4O4. The molecule has 222 valence electrons. The summed E-state index contributed by atoms with van der Waals surface area (Å²) in [6.45, 7) is 8.82. The van der Waals surface area contributed by atoms with Crippen LogP contribution < -0.4 is 10.6 Å². The van der Waals surface area contributed by atoms with Gasteiger partial charge in [0, 0.05) is 35.9 Å². The molecule has 4 fully saturated rings. The first-order chi connectivity index (χ1) is 19.7. The number of hydrogen-bond donors (Lipinski definition) is 2. The zero-order valence-corrected chi connectivity index (χ0v) is 25.1. The van der Waals surface area contributed by atoms with Gasteiger partial charge in [0.2, 0.25) is 17.7 Å². The summed E-state index contributed by atoms with van der Waals surface area (Å²) in [4.78, 5) is 46.3. The van der Waals surface area contributed by atoms with Gasteiger partial charge in [0.05, 0.1) is 17.9 Å². The van der Waals surface area contributed by atoms with E-state index in [9.17, 15) is 14.4 Å². The minimum Gasteiger partial charge on any atom is -0.359 e. The van der Waals surface area contributed by atoms with E-state index in [1.807, 2.05) is 12.2 Å². The van der Waals surface area contributed by atoms with Crippen LogP contribution in [0.1, 0.15) is 59.3 Å². The first-order valence-corrected chi connectivity index (χ1v) is 15.9. The smallest absolute Gasteiger partial charge is 0.246 e. The Hall–Kier alpha value is -2.42. The summed E-state index contributed by atoms with van der Waals surface area (Å²) in [7, 11) is 0. The van der Waals surface area contributed by atoms with Gasteiger partial charge in [-0.15, -0.1) is 0 Å². The second kappa shape index (κ2) is 11.3. The van der Waals surface area contributed by atoms with Crippen molar-refractivity contribution in [2.75, 3.05) is 25.0 Å². The van der Waals surface area contributed by atoms with Gasteiger partial charge >= 0.3 is 0 Å². The Morgan fingerprint density at radius 3 is 2.56 bits per heavy atom. The molecule has 1 saturated carbocycles. The lowest BCUT2D eigenvalue weighted by atomic mass is 9.73. The van der Waals surface area contributed by atoms with E-state index < -0.39 is 29.6 Å². The highest BCUT2D eigenvalue weighted by atomic mass is 35.5. The number of benzene rings is 1. The molecular weight excluding hydrogens is 540 g/mol. The molecule has 5 aliphatic rings. The summed E-state index contributed by atoms with van der Waals surface area (Å²) >= 11 is 6.03. The van der Waals surface area contributed by atoms with Crippen molar-refractivity contribution in [1.29, 1.82) is 0 Å². The predicted molar refractivity (Wildman–Crippen MR) is 158 cm³/mol. The molecule has 1 spiro atoms. The van der Waals surface area contributed by atoms with Crippen molar-refractivity contribution in [3.63, 3.8) is 0 Å². The SMILES string of the molecule is C[C@H]1[C@H](C)CCC[C@@H]1NC(=O)[C@@H]1N(CCN2CCCC[C@@H]2C)C(=O)[C@@H]2[C@@H](C(=O)Nc3ccc(Cl)cc3)[C@@H]3C=C[C@]21O3. The van der Waals surface area contributed by atoms with Crippen LogP contribution in [0.2, 0.25) is 5.02 Å². The van der Waals surface area contributed by atoms with Gasteiger partial charge in [-0.2, -0.15) is 0 Å². The second-order valence-electron chi connectivity index (χ2n) is 13.0. The van der Waals surface area contributed by atoms with E-state index in [1.54, 1.807) is 29.2 Å². The van der Waals surface area contributed by atoms with Gasteiger partial charge in [0.25, 0.3) is 0 Å². The minimum atomic E-state index is -1.15. The summed E-state index contributed by atoms with van der Waals surface area (Å²) in [6.07, 6.45) is 9.91. The molecule has 6 rings (SSSR count). The number of nitrogens with one attached hydrogen (secondary N) is 2. The Kier molecular flexibility index (Phi) is 7.94. The van der Waals surface area contributed by atoms with Gasteiger partial charge in [0.1, 0.15) is 11.6 Å². The van der Waals surface area contributed by atoms with Crippen molar-refractivity contribution in [1.82, 2.24) is 15.1 Å². The Balaban J connectivity index is 1.28. The molecule has 2 N–H and O–H groups in total. The van der Waals surface area contributed by atoms with E-state index in [2.05, 4.69) is 36.3 Å². The predicted octanol–water partition coefficient (Wildman–Crippen LogP) is 4.24. The topological polar surface area (TPSA) is 91.0 Å². The Bertz CT molecular complexity index is 1210. The average Bonchev–Trinajstić information content (AvgIpc) is 3.59. The van der Waals surface area contributed by atoms with E-state index in [0.717, 1.165) is 32.2 Å². The molecule has 4 aliphatic heterocycles. The summed E-state index contributed by atoms with van der Waals surface area (Å²) in [6, 6.07) is 6.61. The maximum absolute atomic E-state index is 14.3. The van der Waals surface area contributed by atoms with Gasteiger partial charge in [-0.25, -0.2) is 0 Å².